The molecule has 0 unspecified atom stereocenters. The normalized spacial score (nSPS) is 12.3. The number of pyridine rings is 1. The fraction of sp³-hybridized carbons (Fsp3) is 0.333. The Morgan fingerprint density at radius 1 is 1.56 bits per heavy atom. The second-order valence-electron chi connectivity index (χ2n) is 4.24. The van der Waals surface area contributed by atoms with Crippen LogP contribution in [0.1, 0.15) is 34.7 Å². The number of aromatic carboxylic acids is 1. The topological polar surface area (TPSA) is 80.9 Å². The minimum Gasteiger partial charge on any atom is -0.477 e. The zero-order valence-electron chi connectivity index (χ0n) is 10.2. The molecule has 0 saturated heterocycles. The smallest absolute Gasteiger partial charge is 0.354 e. The zero-order valence-corrected chi connectivity index (χ0v) is 10.2. The van der Waals surface area contributed by atoms with Gasteiger partial charge < -0.3 is 9.67 Å². The van der Waals surface area contributed by atoms with E-state index in [1.165, 1.54) is 6.20 Å². The van der Waals surface area contributed by atoms with Crippen LogP contribution in [-0.4, -0.2) is 30.8 Å². The van der Waals surface area contributed by atoms with Gasteiger partial charge in [0.15, 0.2) is 0 Å². The molecule has 2 heterocycles. The van der Waals surface area contributed by atoms with Gasteiger partial charge in [0.1, 0.15) is 17.8 Å². The highest BCUT2D eigenvalue weighted by molar-refractivity contribution is 5.85. The van der Waals surface area contributed by atoms with Crippen LogP contribution >= 0.6 is 0 Å². The molecule has 0 fully saturated rings. The molecule has 0 saturated carbocycles. The summed E-state index contributed by atoms with van der Waals surface area (Å²) in [6.07, 6.45) is 3.88. The third-order valence-electron chi connectivity index (χ3n) is 2.87. The summed E-state index contributed by atoms with van der Waals surface area (Å²) in [5.74, 6) is 0.0212. The van der Waals surface area contributed by atoms with Gasteiger partial charge in [-0.05, 0) is 23.6 Å². The molecule has 94 valence electrons. The molecule has 2 aromatic heterocycles. The van der Waals surface area contributed by atoms with Gasteiger partial charge >= 0.3 is 5.97 Å². The molecule has 0 bridgehead atoms. The number of hydrogen-bond acceptors (Lipinski definition) is 4. The highest BCUT2D eigenvalue weighted by Crippen LogP contribution is 2.19. The average molecular weight is 246 g/mol. The van der Waals surface area contributed by atoms with Crippen LogP contribution in [0.5, 0.6) is 0 Å². The maximum absolute atomic E-state index is 10.9. The van der Waals surface area contributed by atoms with Crippen LogP contribution in [0.3, 0.4) is 0 Å². The van der Waals surface area contributed by atoms with Gasteiger partial charge in [0, 0.05) is 19.7 Å². The predicted molar refractivity (Wildman–Crippen MR) is 64.3 cm³/mol. The summed E-state index contributed by atoms with van der Waals surface area (Å²) in [5, 5.41) is 16.7. The number of nitrogens with zero attached hydrogens (tertiary/aromatic N) is 4. The Hall–Kier alpha value is -2.24. The van der Waals surface area contributed by atoms with Crippen molar-refractivity contribution in [1.29, 1.82) is 0 Å². The maximum Gasteiger partial charge on any atom is 0.354 e. The highest BCUT2D eigenvalue weighted by Gasteiger charge is 2.13. The van der Waals surface area contributed by atoms with Gasteiger partial charge in [0.25, 0.3) is 0 Å². The zero-order chi connectivity index (χ0) is 13.1. The summed E-state index contributed by atoms with van der Waals surface area (Å²) in [5.41, 5.74) is 1.00. The molecular formula is C12H14N4O2. The Kier molecular flexibility index (Phi) is 3.36. The fourth-order valence-electron chi connectivity index (χ4n) is 1.75. The molecule has 0 aliphatic carbocycles. The summed E-state index contributed by atoms with van der Waals surface area (Å²) in [7, 11) is 1.89. The molecule has 2 rings (SSSR count). The second-order valence-corrected chi connectivity index (χ2v) is 4.24. The number of carbonyl (C=O) groups is 1. The molecule has 1 atom stereocenters. The van der Waals surface area contributed by atoms with Gasteiger partial charge in [0.05, 0.1) is 0 Å². The summed E-state index contributed by atoms with van der Waals surface area (Å²) in [6, 6.07) is 3.43. The number of aryl methyl sites for hydroxylation is 1. The first-order valence-corrected chi connectivity index (χ1v) is 5.60. The molecule has 6 nitrogen and oxygen atoms in total. The number of rotatable bonds is 4. The Morgan fingerprint density at radius 2 is 2.33 bits per heavy atom. The van der Waals surface area contributed by atoms with Crippen molar-refractivity contribution in [3.05, 3.63) is 41.7 Å². The quantitative estimate of drug-likeness (QED) is 0.878. The predicted octanol–water partition coefficient (Wildman–Crippen LogP) is 1.25. The van der Waals surface area contributed by atoms with Crippen molar-refractivity contribution in [3.63, 3.8) is 0 Å². The molecule has 1 N–H and O–H groups in total. The van der Waals surface area contributed by atoms with Crippen molar-refractivity contribution in [2.24, 2.45) is 7.05 Å². The largest absolute Gasteiger partial charge is 0.477 e. The van der Waals surface area contributed by atoms with E-state index in [4.69, 9.17) is 5.11 Å². The first kappa shape index (κ1) is 12.2. The van der Waals surface area contributed by atoms with Crippen molar-refractivity contribution in [2.75, 3.05) is 0 Å². The van der Waals surface area contributed by atoms with E-state index in [0.717, 1.165) is 11.4 Å². The second kappa shape index (κ2) is 4.95. The minimum absolute atomic E-state index is 0.0670. The lowest BCUT2D eigenvalue weighted by Crippen LogP contribution is -2.07. The highest BCUT2D eigenvalue weighted by atomic mass is 16.4. The Morgan fingerprint density at radius 3 is 2.94 bits per heavy atom. The van der Waals surface area contributed by atoms with E-state index >= 15 is 0 Å². The molecule has 18 heavy (non-hydrogen) atoms. The first-order valence-electron chi connectivity index (χ1n) is 5.60. The molecule has 6 heteroatoms. The average Bonchev–Trinajstić information content (AvgIpc) is 2.75. The molecule has 0 aromatic carbocycles. The van der Waals surface area contributed by atoms with Crippen molar-refractivity contribution in [1.82, 2.24) is 19.7 Å². The van der Waals surface area contributed by atoms with Gasteiger partial charge in [-0.15, -0.1) is 10.2 Å². The Bertz CT molecular complexity index is 565. The fourth-order valence-corrected chi connectivity index (χ4v) is 1.75. The Balaban J connectivity index is 2.18. The molecule has 2 aromatic rings. The maximum atomic E-state index is 10.9. The van der Waals surface area contributed by atoms with Crippen molar-refractivity contribution >= 4 is 5.97 Å². The van der Waals surface area contributed by atoms with E-state index in [0.29, 0.717) is 6.42 Å². The lowest BCUT2D eigenvalue weighted by atomic mass is 9.98. The van der Waals surface area contributed by atoms with Crippen LogP contribution in [0.2, 0.25) is 0 Å². The van der Waals surface area contributed by atoms with E-state index in [1.54, 1.807) is 12.4 Å². The van der Waals surface area contributed by atoms with Crippen LogP contribution < -0.4 is 0 Å². The third kappa shape index (κ3) is 2.53. The Labute approximate surface area is 104 Å². The van der Waals surface area contributed by atoms with Crippen LogP contribution in [0.25, 0.3) is 0 Å². The van der Waals surface area contributed by atoms with E-state index in [1.807, 2.05) is 24.6 Å². The van der Waals surface area contributed by atoms with Crippen LogP contribution in [0.15, 0.2) is 24.7 Å². The van der Waals surface area contributed by atoms with Crippen LogP contribution in [0, 0.1) is 0 Å². The summed E-state index contributed by atoms with van der Waals surface area (Å²) in [6.45, 7) is 2.02. The standard InChI is InChI=1S/C12H14N4O2/c1-8(5-11-15-14-7-16(11)2)9-3-4-13-10(6-9)12(17)18/h3-4,6-8H,5H2,1-2H3,(H,17,18)/t8-/m1/s1. The summed E-state index contributed by atoms with van der Waals surface area (Å²) >= 11 is 0. The monoisotopic (exact) mass is 246 g/mol. The number of hydrogen-bond donors (Lipinski definition) is 1. The van der Waals surface area contributed by atoms with E-state index in [2.05, 4.69) is 15.2 Å². The number of carboxylic acid groups (broad SMARTS) is 1. The van der Waals surface area contributed by atoms with Crippen molar-refractivity contribution in [3.8, 4) is 0 Å². The molecule has 0 aliphatic rings. The number of carboxylic acids is 1. The lowest BCUT2D eigenvalue weighted by Gasteiger charge is -2.11. The van der Waals surface area contributed by atoms with Crippen LogP contribution in [-0.2, 0) is 13.5 Å². The third-order valence-corrected chi connectivity index (χ3v) is 2.87. The molecule has 0 spiro atoms. The summed E-state index contributed by atoms with van der Waals surface area (Å²) < 4.78 is 1.86. The van der Waals surface area contributed by atoms with Gasteiger partial charge in [-0.1, -0.05) is 6.92 Å². The van der Waals surface area contributed by atoms with E-state index in [-0.39, 0.29) is 11.6 Å². The molecule has 0 aliphatic heterocycles. The van der Waals surface area contributed by atoms with Gasteiger partial charge in [-0.25, -0.2) is 9.78 Å². The lowest BCUT2D eigenvalue weighted by molar-refractivity contribution is 0.0690. The van der Waals surface area contributed by atoms with Crippen molar-refractivity contribution in [2.45, 2.75) is 19.3 Å². The van der Waals surface area contributed by atoms with Gasteiger partial charge in [-0.2, -0.15) is 0 Å². The SMILES string of the molecule is C[C@H](Cc1nncn1C)c1ccnc(C(=O)O)c1. The number of aromatic nitrogens is 4. The van der Waals surface area contributed by atoms with Crippen LogP contribution in [0.4, 0.5) is 0 Å². The van der Waals surface area contributed by atoms with Gasteiger partial charge in [-0.3, -0.25) is 0 Å². The molecule has 0 amide bonds. The minimum atomic E-state index is -1.01. The summed E-state index contributed by atoms with van der Waals surface area (Å²) in [4.78, 5) is 14.7. The molecular weight excluding hydrogens is 232 g/mol. The molecule has 0 radical (unpaired) electrons. The van der Waals surface area contributed by atoms with Gasteiger partial charge in [0.2, 0.25) is 0 Å². The van der Waals surface area contributed by atoms with Crippen molar-refractivity contribution < 1.29 is 9.90 Å². The van der Waals surface area contributed by atoms with E-state index < -0.39 is 5.97 Å². The first-order chi connectivity index (χ1) is 8.58. The van der Waals surface area contributed by atoms with E-state index in [9.17, 15) is 4.79 Å².